The van der Waals surface area contributed by atoms with Crippen molar-refractivity contribution in [2.24, 2.45) is 0 Å². The number of carbonyl (C=O) groups is 1. The zero-order valence-electron chi connectivity index (χ0n) is 14.6. The molecule has 0 aliphatic carbocycles. The Balaban J connectivity index is 1.88. The lowest BCUT2D eigenvalue weighted by Crippen LogP contribution is -2.21. The first-order valence-corrected chi connectivity index (χ1v) is 7.97. The number of alkyl halides is 3. The highest BCUT2D eigenvalue weighted by molar-refractivity contribution is 5.99. The van der Waals surface area contributed by atoms with Gasteiger partial charge in [-0.1, -0.05) is 18.7 Å². The Bertz CT molecular complexity index is 1020. The molecule has 3 rings (SSSR count). The van der Waals surface area contributed by atoms with Crippen molar-refractivity contribution >= 4 is 28.7 Å². The molecule has 0 spiro atoms. The quantitative estimate of drug-likeness (QED) is 0.678. The first kappa shape index (κ1) is 18.5. The number of amides is 1. The van der Waals surface area contributed by atoms with Gasteiger partial charge in [-0.05, 0) is 55.3 Å². The van der Waals surface area contributed by atoms with Crippen molar-refractivity contribution in [1.82, 2.24) is 9.78 Å². The lowest BCUT2D eigenvalue weighted by molar-refractivity contribution is -0.274. The van der Waals surface area contributed by atoms with E-state index in [0.29, 0.717) is 16.9 Å². The molecule has 2 aromatic carbocycles. The van der Waals surface area contributed by atoms with Gasteiger partial charge in [0.05, 0.1) is 11.2 Å². The number of anilines is 1. The number of halogens is 3. The number of aromatic nitrogens is 2. The van der Waals surface area contributed by atoms with Gasteiger partial charge in [0.2, 0.25) is 0 Å². The van der Waals surface area contributed by atoms with Gasteiger partial charge < -0.3 is 10.1 Å². The van der Waals surface area contributed by atoms with E-state index in [1.54, 1.807) is 19.1 Å². The first-order chi connectivity index (χ1) is 12.7. The number of fused-ring (bicyclic) bond motifs is 1. The second kappa shape index (κ2) is 6.79. The molecule has 1 aromatic heterocycles. The van der Waals surface area contributed by atoms with Crippen LogP contribution in [0, 0.1) is 13.8 Å². The van der Waals surface area contributed by atoms with Crippen molar-refractivity contribution in [3.05, 3.63) is 59.8 Å². The van der Waals surface area contributed by atoms with E-state index in [0.717, 1.165) is 28.6 Å². The summed E-state index contributed by atoms with van der Waals surface area (Å²) in [7, 11) is 0. The smallest absolute Gasteiger partial charge is 0.406 e. The molecular formula is C19H16F3N3O2. The number of hydrogen-bond acceptors (Lipinski definition) is 3. The van der Waals surface area contributed by atoms with Gasteiger partial charge in [0.1, 0.15) is 5.75 Å². The van der Waals surface area contributed by atoms with Crippen LogP contribution in [0.5, 0.6) is 5.75 Å². The van der Waals surface area contributed by atoms with Crippen molar-refractivity contribution in [2.45, 2.75) is 20.2 Å². The van der Waals surface area contributed by atoms with Gasteiger partial charge in [-0.2, -0.15) is 9.78 Å². The largest absolute Gasteiger partial charge is 0.573 e. The fourth-order valence-corrected chi connectivity index (χ4v) is 2.88. The number of nitrogens with zero attached hydrogens (tertiary/aromatic N) is 2. The third kappa shape index (κ3) is 3.94. The highest BCUT2D eigenvalue weighted by atomic mass is 19.4. The van der Waals surface area contributed by atoms with Crippen LogP contribution in [-0.2, 0) is 0 Å². The zero-order valence-corrected chi connectivity index (χ0v) is 14.6. The summed E-state index contributed by atoms with van der Waals surface area (Å²) < 4.78 is 41.7. The van der Waals surface area contributed by atoms with Crippen molar-refractivity contribution in [3.63, 3.8) is 0 Å². The van der Waals surface area contributed by atoms with E-state index in [4.69, 9.17) is 0 Å². The van der Waals surface area contributed by atoms with E-state index in [9.17, 15) is 18.0 Å². The fourth-order valence-electron chi connectivity index (χ4n) is 2.88. The number of rotatable bonds is 3. The van der Waals surface area contributed by atoms with Crippen LogP contribution in [0.1, 0.15) is 16.8 Å². The Hall–Kier alpha value is -3.29. The van der Waals surface area contributed by atoms with Crippen LogP contribution in [0.15, 0.2) is 43.0 Å². The molecule has 140 valence electrons. The summed E-state index contributed by atoms with van der Waals surface area (Å²) in [4.78, 5) is 12.6. The summed E-state index contributed by atoms with van der Waals surface area (Å²) in [5.41, 5.74) is 3.45. The summed E-state index contributed by atoms with van der Waals surface area (Å²) in [6.07, 6.45) is -3.09. The number of nitrogens with one attached hydrogen (secondary N) is 1. The number of hydrogen-bond donors (Lipinski definition) is 1. The lowest BCUT2D eigenvalue weighted by Gasteiger charge is -2.10. The van der Waals surface area contributed by atoms with Crippen LogP contribution < -0.4 is 10.1 Å². The minimum Gasteiger partial charge on any atom is -0.406 e. The van der Waals surface area contributed by atoms with Gasteiger partial charge in [0.15, 0.2) is 0 Å². The molecule has 5 nitrogen and oxygen atoms in total. The summed E-state index contributed by atoms with van der Waals surface area (Å²) >= 11 is 0. The molecule has 1 amide bonds. The molecule has 0 fully saturated rings. The van der Waals surface area contributed by atoms with Crippen LogP contribution in [0.3, 0.4) is 0 Å². The molecule has 0 aliphatic heterocycles. The van der Waals surface area contributed by atoms with Crippen molar-refractivity contribution in [1.29, 1.82) is 0 Å². The van der Waals surface area contributed by atoms with Gasteiger partial charge >= 0.3 is 12.4 Å². The molecule has 3 aromatic rings. The van der Waals surface area contributed by atoms with Crippen molar-refractivity contribution < 1.29 is 22.7 Å². The van der Waals surface area contributed by atoms with Crippen molar-refractivity contribution in [3.8, 4) is 5.75 Å². The maximum Gasteiger partial charge on any atom is 0.573 e. The standard InChI is InChI=1S/C19H16F3N3O2/c1-4-13-9-11(2)17-12(3)24-25(16(17)10-13)18(26)23-14-5-7-15(8-6-14)27-19(20,21)22/h4-10H,1H2,2-3H3,(H,23,26). The predicted molar refractivity (Wildman–Crippen MR) is 96.8 cm³/mol. The van der Waals surface area contributed by atoms with Gasteiger partial charge in [-0.25, -0.2) is 4.79 Å². The summed E-state index contributed by atoms with van der Waals surface area (Å²) in [5.74, 6) is -0.368. The Kier molecular flexibility index (Phi) is 4.65. The summed E-state index contributed by atoms with van der Waals surface area (Å²) in [5, 5.41) is 7.76. The highest BCUT2D eigenvalue weighted by Gasteiger charge is 2.31. The second-order valence-corrected chi connectivity index (χ2v) is 5.94. The molecular weight excluding hydrogens is 359 g/mol. The lowest BCUT2D eigenvalue weighted by atomic mass is 10.1. The minimum atomic E-state index is -4.77. The summed E-state index contributed by atoms with van der Waals surface area (Å²) in [6, 6.07) is 8.10. The van der Waals surface area contributed by atoms with E-state index < -0.39 is 12.4 Å². The Labute approximate surface area is 153 Å². The molecule has 1 N–H and O–H groups in total. The average Bonchev–Trinajstić information content (AvgIpc) is 2.92. The Morgan fingerprint density at radius 1 is 1.22 bits per heavy atom. The van der Waals surface area contributed by atoms with E-state index in [1.165, 1.54) is 16.8 Å². The molecule has 8 heteroatoms. The number of benzene rings is 2. The number of ether oxygens (including phenoxy) is 1. The maximum absolute atomic E-state index is 12.6. The third-order valence-electron chi connectivity index (χ3n) is 3.94. The summed E-state index contributed by atoms with van der Waals surface area (Å²) in [6.45, 7) is 7.46. The second-order valence-electron chi connectivity index (χ2n) is 5.94. The monoisotopic (exact) mass is 375 g/mol. The Morgan fingerprint density at radius 3 is 2.48 bits per heavy atom. The van der Waals surface area contributed by atoms with Gasteiger partial charge in [-0.15, -0.1) is 13.2 Å². The van der Waals surface area contributed by atoms with Crippen LogP contribution in [0.4, 0.5) is 23.7 Å². The van der Waals surface area contributed by atoms with E-state index in [1.807, 2.05) is 13.0 Å². The molecule has 0 saturated heterocycles. The molecule has 1 heterocycles. The van der Waals surface area contributed by atoms with Crippen LogP contribution >= 0.6 is 0 Å². The normalized spacial score (nSPS) is 11.4. The van der Waals surface area contributed by atoms with Gasteiger partial charge in [-0.3, -0.25) is 0 Å². The number of carbonyl (C=O) groups excluding carboxylic acids is 1. The van der Waals surface area contributed by atoms with Crippen LogP contribution in [0.25, 0.3) is 17.0 Å². The zero-order chi connectivity index (χ0) is 19.8. The third-order valence-corrected chi connectivity index (χ3v) is 3.94. The molecule has 27 heavy (non-hydrogen) atoms. The predicted octanol–water partition coefficient (Wildman–Crippen LogP) is 5.27. The van der Waals surface area contributed by atoms with Crippen LogP contribution in [0.2, 0.25) is 0 Å². The molecule has 0 saturated carbocycles. The maximum atomic E-state index is 12.6. The van der Waals surface area contributed by atoms with Crippen molar-refractivity contribution in [2.75, 3.05) is 5.32 Å². The SMILES string of the molecule is C=Cc1cc(C)c2c(C)nn(C(=O)Nc3ccc(OC(F)(F)F)cc3)c2c1. The molecule has 0 bridgehead atoms. The van der Waals surface area contributed by atoms with Gasteiger partial charge in [0, 0.05) is 11.1 Å². The van der Waals surface area contributed by atoms with Crippen LogP contribution in [-0.4, -0.2) is 22.2 Å². The first-order valence-electron chi connectivity index (χ1n) is 7.97. The highest BCUT2D eigenvalue weighted by Crippen LogP contribution is 2.26. The molecule has 0 atom stereocenters. The van der Waals surface area contributed by atoms with E-state index in [-0.39, 0.29) is 5.75 Å². The van der Waals surface area contributed by atoms with Gasteiger partial charge in [0.25, 0.3) is 0 Å². The minimum absolute atomic E-state index is 0.312. The fraction of sp³-hybridized carbons (Fsp3) is 0.158. The molecule has 0 unspecified atom stereocenters. The van der Waals surface area contributed by atoms with E-state index >= 15 is 0 Å². The average molecular weight is 375 g/mol. The van der Waals surface area contributed by atoms with E-state index in [2.05, 4.69) is 21.7 Å². The Morgan fingerprint density at radius 2 is 1.89 bits per heavy atom. The topological polar surface area (TPSA) is 56.2 Å². The molecule has 0 aliphatic rings. The molecule has 0 radical (unpaired) electrons. The number of aryl methyl sites for hydroxylation is 2.